The van der Waals surface area contributed by atoms with Crippen molar-refractivity contribution >= 4 is 35.6 Å². The lowest BCUT2D eigenvalue weighted by molar-refractivity contribution is 0.0683. The first kappa shape index (κ1) is 25.3. The van der Waals surface area contributed by atoms with E-state index in [0.717, 1.165) is 24.9 Å². The SMILES string of the molecule is CCOC(C)c1noc(CNC(=NC)NC2CCCN(c3cc(C)ccc3F)C2)n1.I. The van der Waals surface area contributed by atoms with E-state index in [1.165, 1.54) is 6.07 Å². The van der Waals surface area contributed by atoms with Crippen molar-refractivity contribution in [1.29, 1.82) is 0 Å². The predicted octanol–water partition coefficient (Wildman–Crippen LogP) is 3.57. The molecule has 1 fully saturated rings. The fourth-order valence-electron chi connectivity index (χ4n) is 3.56. The Morgan fingerprint density at radius 2 is 2.26 bits per heavy atom. The van der Waals surface area contributed by atoms with Crippen molar-refractivity contribution in [1.82, 2.24) is 20.8 Å². The standard InChI is InChI=1S/C21H31FN6O2.HI/c1-5-29-15(3)20-26-19(30-27-20)12-24-21(23-4)25-16-7-6-10-28(13-16)18-11-14(2)8-9-17(18)22;/h8-9,11,15-16H,5-7,10,12-13H2,1-4H3,(H2,23,24,25);1H. The summed E-state index contributed by atoms with van der Waals surface area (Å²) in [5, 5.41) is 10.6. The zero-order valence-corrected chi connectivity index (χ0v) is 20.9. The fraction of sp³-hybridized carbons (Fsp3) is 0.571. The molecule has 8 nitrogen and oxygen atoms in total. The molecule has 0 aliphatic carbocycles. The molecule has 0 radical (unpaired) electrons. The summed E-state index contributed by atoms with van der Waals surface area (Å²) < 4.78 is 25.1. The minimum Gasteiger partial charge on any atom is -0.371 e. The molecule has 2 N–H and O–H groups in total. The second-order valence-electron chi connectivity index (χ2n) is 7.45. The van der Waals surface area contributed by atoms with Crippen LogP contribution in [0.1, 0.15) is 50.1 Å². The Morgan fingerprint density at radius 1 is 1.45 bits per heavy atom. The van der Waals surface area contributed by atoms with Crippen molar-refractivity contribution < 1.29 is 13.7 Å². The van der Waals surface area contributed by atoms with Crippen LogP contribution in [0.15, 0.2) is 27.7 Å². The van der Waals surface area contributed by atoms with E-state index in [1.807, 2.05) is 26.8 Å². The van der Waals surface area contributed by atoms with E-state index in [9.17, 15) is 4.39 Å². The van der Waals surface area contributed by atoms with Gasteiger partial charge in [0.1, 0.15) is 11.9 Å². The van der Waals surface area contributed by atoms with Crippen molar-refractivity contribution in [2.75, 3.05) is 31.6 Å². The van der Waals surface area contributed by atoms with Gasteiger partial charge >= 0.3 is 0 Å². The number of anilines is 1. The topological polar surface area (TPSA) is 87.8 Å². The molecule has 1 aromatic carbocycles. The highest BCUT2D eigenvalue weighted by atomic mass is 127. The van der Waals surface area contributed by atoms with Crippen molar-refractivity contribution in [3.63, 3.8) is 0 Å². The van der Waals surface area contributed by atoms with Gasteiger partial charge in [0, 0.05) is 32.8 Å². The Kier molecular flexibility index (Phi) is 9.94. The zero-order valence-electron chi connectivity index (χ0n) is 18.5. The molecular formula is C21H32FIN6O2. The predicted molar refractivity (Wildman–Crippen MR) is 129 cm³/mol. The van der Waals surface area contributed by atoms with Crippen LogP contribution in [0.4, 0.5) is 10.1 Å². The van der Waals surface area contributed by atoms with E-state index in [4.69, 9.17) is 9.26 Å². The molecule has 31 heavy (non-hydrogen) atoms. The van der Waals surface area contributed by atoms with E-state index < -0.39 is 0 Å². The normalized spacial score (nSPS) is 17.8. The molecule has 2 atom stereocenters. The Balaban J connectivity index is 0.00000341. The summed E-state index contributed by atoms with van der Waals surface area (Å²) in [6, 6.07) is 5.39. The molecule has 1 aliphatic heterocycles. The van der Waals surface area contributed by atoms with Gasteiger partial charge in [0.2, 0.25) is 5.89 Å². The van der Waals surface area contributed by atoms with Gasteiger partial charge in [-0.15, -0.1) is 24.0 Å². The summed E-state index contributed by atoms with van der Waals surface area (Å²) in [5.74, 6) is 1.45. The first-order valence-corrected chi connectivity index (χ1v) is 10.4. The van der Waals surface area contributed by atoms with Gasteiger partial charge in [-0.25, -0.2) is 4.39 Å². The third-order valence-electron chi connectivity index (χ3n) is 5.10. The largest absolute Gasteiger partial charge is 0.371 e. The second-order valence-corrected chi connectivity index (χ2v) is 7.45. The van der Waals surface area contributed by atoms with Gasteiger partial charge in [-0.3, -0.25) is 4.99 Å². The highest BCUT2D eigenvalue weighted by Crippen LogP contribution is 2.24. The number of benzene rings is 1. The van der Waals surface area contributed by atoms with E-state index >= 15 is 0 Å². The minimum atomic E-state index is -0.208. The molecule has 2 aromatic rings. The number of hydrogen-bond acceptors (Lipinski definition) is 6. The lowest BCUT2D eigenvalue weighted by Crippen LogP contribution is -2.51. The quantitative estimate of drug-likeness (QED) is 0.312. The van der Waals surface area contributed by atoms with Crippen molar-refractivity contribution in [3.05, 3.63) is 41.3 Å². The lowest BCUT2D eigenvalue weighted by Gasteiger charge is -2.35. The van der Waals surface area contributed by atoms with Gasteiger partial charge in [0.15, 0.2) is 11.8 Å². The molecule has 0 spiro atoms. The molecule has 172 valence electrons. The molecule has 0 bridgehead atoms. The highest BCUT2D eigenvalue weighted by Gasteiger charge is 2.23. The van der Waals surface area contributed by atoms with Gasteiger partial charge in [0.25, 0.3) is 0 Å². The molecule has 1 aromatic heterocycles. The third-order valence-corrected chi connectivity index (χ3v) is 5.10. The van der Waals surface area contributed by atoms with E-state index in [-0.39, 0.29) is 41.9 Å². The van der Waals surface area contributed by atoms with E-state index in [0.29, 0.717) is 43.1 Å². The summed E-state index contributed by atoms with van der Waals surface area (Å²) in [4.78, 5) is 10.7. The van der Waals surface area contributed by atoms with Crippen LogP contribution in [0.25, 0.3) is 0 Å². The van der Waals surface area contributed by atoms with Crippen LogP contribution in [-0.2, 0) is 11.3 Å². The number of aryl methyl sites for hydroxylation is 1. The number of guanidine groups is 1. The minimum absolute atomic E-state index is 0. The Hall–Kier alpha value is -1.95. The summed E-state index contributed by atoms with van der Waals surface area (Å²) in [6.45, 7) is 8.28. The maximum atomic E-state index is 14.3. The monoisotopic (exact) mass is 546 g/mol. The number of aromatic nitrogens is 2. The molecule has 2 heterocycles. The third kappa shape index (κ3) is 7.03. The van der Waals surface area contributed by atoms with Crippen LogP contribution in [0.2, 0.25) is 0 Å². The summed E-state index contributed by atoms with van der Waals surface area (Å²) in [7, 11) is 1.71. The first-order chi connectivity index (χ1) is 14.5. The maximum absolute atomic E-state index is 14.3. The molecule has 1 aliphatic rings. The van der Waals surface area contributed by atoms with E-state index in [1.54, 1.807) is 13.1 Å². The average Bonchev–Trinajstić information content (AvgIpc) is 3.22. The number of piperidine rings is 1. The van der Waals surface area contributed by atoms with Crippen molar-refractivity contribution in [2.45, 2.75) is 52.3 Å². The number of nitrogens with zero attached hydrogens (tertiary/aromatic N) is 4. The Bertz CT molecular complexity index is 862. The molecule has 1 saturated heterocycles. The van der Waals surface area contributed by atoms with Crippen LogP contribution in [-0.4, -0.2) is 48.9 Å². The Morgan fingerprint density at radius 3 is 3.00 bits per heavy atom. The number of rotatable bonds is 7. The van der Waals surface area contributed by atoms with Crippen LogP contribution in [0.5, 0.6) is 0 Å². The van der Waals surface area contributed by atoms with Crippen molar-refractivity contribution in [2.24, 2.45) is 4.99 Å². The molecule has 2 unspecified atom stereocenters. The number of halogens is 2. The maximum Gasteiger partial charge on any atom is 0.246 e. The van der Waals surface area contributed by atoms with Crippen LogP contribution >= 0.6 is 24.0 Å². The summed E-state index contributed by atoms with van der Waals surface area (Å²) in [6.07, 6.45) is 1.76. The van der Waals surface area contributed by atoms with E-state index in [2.05, 4.69) is 30.7 Å². The van der Waals surface area contributed by atoms with Gasteiger partial charge in [-0.2, -0.15) is 4.98 Å². The lowest BCUT2D eigenvalue weighted by atomic mass is 10.0. The van der Waals surface area contributed by atoms with Gasteiger partial charge in [0.05, 0.1) is 12.2 Å². The van der Waals surface area contributed by atoms with Crippen LogP contribution in [0, 0.1) is 12.7 Å². The summed E-state index contributed by atoms with van der Waals surface area (Å²) in [5.41, 5.74) is 1.71. The summed E-state index contributed by atoms with van der Waals surface area (Å²) >= 11 is 0. The smallest absolute Gasteiger partial charge is 0.246 e. The molecule has 0 saturated carbocycles. The van der Waals surface area contributed by atoms with Crippen molar-refractivity contribution in [3.8, 4) is 0 Å². The van der Waals surface area contributed by atoms with Crippen LogP contribution < -0.4 is 15.5 Å². The molecule has 10 heteroatoms. The van der Waals surface area contributed by atoms with Gasteiger partial charge < -0.3 is 24.8 Å². The van der Waals surface area contributed by atoms with Gasteiger partial charge in [-0.05, 0) is 51.3 Å². The highest BCUT2D eigenvalue weighted by molar-refractivity contribution is 14.0. The number of hydrogen-bond donors (Lipinski definition) is 2. The number of nitrogens with one attached hydrogen (secondary N) is 2. The van der Waals surface area contributed by atoms with Gasteiger partial charge in [-0.1, -0.05) is 11.2 Å². The first-order valence-electron chi connectivity index (χ1n) is 10.4. The van der Waals surface area contributed by atoms with Crippen LogP contribution in [0.3, 0.4) is 0 Å². The number of aliphatic imine (C=N–C) groups is 1. The Labute approximate surface area is 200 Å². The second kappa shape index (κ2) is 12.2. The average molecular weight is 546 g/mol. The molecular weight excluding hydrogens is 514 g/mol. The molecule has 0 amide bonds. The molecule has 3 rings (SSSR count). The number of ether oxygens (including phenoxy) is 1. The zero-order chi connectivity index (χ0) is 21.5. The fourth-order valence-corrected chi connectivity index (χ4v) is 3.56.